The van der Waals surface area contributed by atoms with E-state index in [1.165, 1.54) is 18.2 Å². The van der Waals surface area contributed by atoms with Crippen molar-refractivity contribution >= 4 is 55.8 Å². The molecule has 1 saturated heterocycles. The third-order valence-electron chi connectivity index (χ3n) is 4.19. The first-order valence-electron chi connectivity index (χ1n) is 8.69. The molecule has 154 valence electrons. The summed E-state index contributed by atoms with van der Waals surface area (Å²) in [5, 5.41) is 11.5. The molecule has 1 aliphatic heterocycles. The Labute approximate surface area is 189 Å². The highest BCUT2D eigenvalue weighted by Crippen LogP contribution is 2.36. The normalized spacial score (nSPS) is 14.7. The van der Waals surface area contributed by atoms with Crippen LogP contribution in [0.1, 0.15) is 21.5 Å². The van der Waals surface area contributed by atoms with Gasteiger partial charge in [-0.2, -0.15) is 0 Å². The van der Waals surface area contributed by atoms with Gasteiger partial charge in [-0.1, -0.05) is 18.2 Å². The Morgan fingerprint density at radius 3 is 2.37 bits per heavy atom. The Hall–Kier alpha value is -2.91. The molecule has 3 rings (SSSR count). The minimum atomic E-state index is -0.984. The van der Waals surface area contributed by atoms with E-state index in [2.05, 4.69) is 43.8 Å². The van der Waals surface area contributed by atoms with Crippen molar-refractivity contribution in [3.05, 3.63) is 80.4 Å². The van der Waals surface area contributed by atoms with Crippen LogP contribution in [0.15, 0.2) is 63.7 Å². The molecule has 3 amide bonds. The number of nitrogens with zero attached hydrogens (tertiary/aromatic N) is 1. The highest BCUT2D eigenvalue weighted by molar-refractivity contribution is 9.11. The number of halogens is 2. The van der Waals surface area contributed by atoms with E-state index in [-0.39, 0.29) is 24.4 Å². The van der Waals surface area contributed by atoms with Crippen molar-refractivity contribution in [1.29, 1.82) is 0 Å². The first kappa shape index (κ1) is 21.8. The molecular formula is C21H16Br2N2O5. The highest BCUT2D eigenvalue weighted by Gasteiger charge is 2.32. The zero-order valence-corrected chi connectivity index (χ0v) is 18.7. The van der Waals surface area contributed by atoms with Crippen molar-refractivity contribution in [2.24, 2.45) is 0 Å². The number of carbonyl (C=O) groups is 3. The van der Waals surface area contributed by atoms with E-state index in [4.69, 9.17) is 9.84 Å². The average molecular weight is 536 g/mol. The van der Waals surface area contributed by atoms with Crippen molar-refractivity contribution in [3.8, 4) is 5.75 Å². The number of carbonyl (C=O) groups excluding carboxylic acids is 2. The molecular weight excluding hydrogens is 520 g/mol. The number of rotatable bonds is 7. The summed E-state index contributed by atoms with van der Waals surface area (Å²) in [4.78, 5) is 36.2. The zero-order valence-electron chi connectivity index (χ0n) is 15.5. The predicted octanol–water partition coefficient (Wildman–Crippen LogP) is 4.57. The Balaban J connectivity index is 1.75. The number of hydrogen-bond acceptors (Lipinski definition) is 4. The molecule has 1 fully saturated rings. The lowest BCUT2D eigenvalue weighted by Gasteiger charge is -2.12. The largest absolute Gasteiger partial charge is 0.487 e. The van der Waals surface area contributed by atoms with Crippen LogP contribution in [0.2, 0.25) is 0 Å². The van der Waals surface area contributed by atoms with E-state index in [1.807, 2.05) is 0 Å². The molecule has 0 aromatic heterocycles. The average Bonchev–Trinajstić information content (AvgIpc) is 2.95. The summed E-state index contributed by atoms with van der Waals surface area (Å²) in [6, 6.07) is 9.44. The Bertz CT molecular complexity index is 1040. The van der Waals surface area contributed by atoms with Crippen molar-refractivity contribution < 1.29 is 24.2 Å². The fraction of sp³-hybridized carbons (Fsp3) is 0.0952. The second-order valence-corrected chi connectivity index (χ2v) is 8.01. The topological polar surface area (TPSA) is 95.9 Å². The first-order chi connectivity index (χ1) is 14.3. The van der Waals surface area contributed by atoms with Gasteiger partial charge in [0.05, 0.1) is 14.5 Å². The number of urea groups is 1. The lowest BCUT2D eigenvalue weighted by molar-refractivity contribution is -0.122. The van der Waals surface area contributed by atoms with Gasteiger partial charge in [-0.05, 0) is 73.3 Å². The van der Waals surface area contributed by atoms with E-state index in [0.717, 1.165) is 10.5 Å². The van der Waals surface area contributed by atoms with Gasteiger partial charge in [0.25, 0.3) is 5.91 Å². The number of ether oxygens (including phenoxy) is 1. The molecule has 1 heterocycles. The molecule has 2 aromatic carbocycles. The molecule has 0 unspecified atom stereocenters. The van der Waals surface area contributed by atoms with Crippen molar-refractivity contribution in [1.82, 2.24) is 10.2 Å². The number of carboxylic acids is 1. The second-order valence-electron chi connectivity index (χ2n) is 6.30. The summed E-state index contributed by atoms with van der Waals surface area (Å²) in [6.07, 6.45) is 3.06. The number of benzene rings is 2. The molecule has 0 bridgehead atoms. The van der Waals surface area contributed by atoms with Crippen LogP contribution in [-0.2, 0) is 11.4 Å². The molecule has 0 atom stereocenters. The number of amides is 3. The number of aromatic carboxylic acids is 1. The molecule has 0 saturated carbocycles. The van der Waals surface area contributed by atoms with Gasteiger partial charge in [0.2, 0.25) is 0 Å². The fourth-order valence-electron chi connectivity index (χ4n) is 2.73. The summed E-state index contributed by atoms with van der Waals surface area (Å²) in [5.41, 5.74) is 1.87. The number of carboxylic acid groups (broad SMARTS) is 1. The summed E-state index contributed by atoms with van der Waals surface area (Å²) in [6.45, 7) is 3.91. The first-order valence-corrected chi connectivity index (χ1v) is 10.3. The third kappa shape index (κ3) is 4.80. The molecule has 1 aliphatic rings. The maximum absolute atomic E-state index is 12.3. The summed E-state index contributed by atoms with van der Waals surface area (Å²) >= 11 is 6.91. The summed E-state index contributed by atoms with van der Waals surface area (Å²) < 4.78 is 7.14. The minimum absolute atomic E-state index is 0.135. The van der Waals surface area contributed by atoms with Crippen LogP contribution < -0.4 is 10.1 Å². The Morgan fingerprint density at radius 2 is 1.80 bits per heavy atom. The third-order valence-corrected chi connectivity index (χ3v) is 5.37. The van der Waals surface area contributed by atoms with E-state index >= 15 is 0 Å². The standard InChI is InChI=1S/C21H16Br2N2O5/c1-2-7-25-19(26)17(24-21(25)29)10-13-8-15(22)18(16(23)9-13)30-11-12-3-5-14(6-4-12)20(27)28/h2-6,8-10H,1,7,11H2,(H,24,29)(H,27,28)/b17-10+. The lowest BCUT2D eigenvalue weighted by atomic mass is 10.1. The quantitative estimate of drug-likeness (QED) is 0.307. The molecule has 9 heteroatoms. The zero-order chi connectivity index (χ0) is 21.8. The molecule has 0 aliphatic carbocycles. The number of nitrogens with one attached hydrogen (secondary N) is 1. The summed E-state index contributed by atoms with van der Waals surface area (Å²) in [5.74, 6) is -0.853. The SMILES string of the molecule is C=CCN1C(=O)N/C(=C/c2cc(Br)c(OCc3ccc(C(=O)O)cc3)c(Br)c2)C1=O. The van der Waals surface area contributed by atoms with Crippen molar-refractivity contribution in [3.63, 3.8) is 0 Å². The lowest BCUT2D eigenvalue weighted by Crippen LogP contribution is -2.30. The number of imide groups is 1. The molecule has 30 heavy (non-hydrogen) atoms. The van der Waals surface area contributed by atoms with Gasteiger partial charge in [-0.25, -0.2) is 9.59 Å². The van der Waals surface area contributed by atoms with E-state index < -0.39 is 17.9 Å². The van der Waals surface area contributed by atoms with Crippen LogP contribution in [0, 0.1) is 0 Å². The van der Waals surface area contributed by atoms with Crippen LogP contribution in [0.3, 0.4) is 0 Å². The Morgan fingerprint density at radius 1 is 1.17 bits per heavy atom. The second kappa shape index (κ2) is 9.27. The molecule has 2 N–H and O–H groups in total. The maximum atomic E-state index is 12.3. The maximum Gasteiger partial charge on any atom is 0.335 e. The van der Waals surface area contributed by atoms with Crippen LogP contribution in [0.25, 0.3) is 6.08 Å². The van der Waals surface area contributed by atoms with Crippen molar-refractivity contribution in [2.75, 3.05) is 6.54 Å². The van der Waals surface area contributed by atoms with Gasteiger partial charge in [-0.15, -0.1) is 6.58 Å². The number of hydrogen-bond donors (Lipinski definition) is 2. The van der Waals surface area contributed by atoms with Gasteiger partial charge in [0.15, 0.2) is 0 Å². The van der Waals surface area contributed by atoms with Crippen LogP contribution in [0.5, 0.6) is 5.75 Å². The van der Waals surface area contributed by atoms with Gasteiger partial charge in [0.1, 0.15) is 18.1 Å². The van der Waals surface area contributed by atoms with Crippen LogP contribution in [-0.4, -0.2) is 34.5 Å². The molecule has 0 spiro atoms. The Kier molecular flexibility index (Phi) is 6.73. The van der Waals surface area contributed by atoms with Crippen molar-refractivity contribution in [2.45, 2.75) is 6.61 Å². The van der Waals surface area contributed by atoms with Crippen LogP contribution >= 0.6 is 31.9 Å². The monoisotopic (exact) mass is 534 g/mol. The van der Waals surface area contributed by atoms with Gasteiger partial charge in [-0.3, -0.25) is 9.69 Å². The molecule has 2 aromatic rings. The van der Waals surface area contributed by atoms with E-state index in [9.17, 15) is 14.4 Å². The van der Waals surface area contributed by atoms with E-state index in [1.54, 1.807) is 30.3 Å². The summed E-state index contributed by atoms with van der Waals surface area (Å²) in [7, 11) is 0. The van der Waals surface area contributed by atoms with Gasteiger partial charge in [0, 0.05) is 6.54 Å². The highest BCUT2D eigenvalue weighted by atomic mass is 79.9. The molecule has 0 radical (unpaired) electrons. The van der Waals surface area contributed by atoms with Crippen LogP contribution in [0.4, 0.5) is 4.79 Å². The fourth-order valence-corrected chi connectivity index (χ4v) is 4.18. The van der Waals surface area contributed by atoms with Gasteiger partial charge < -0.3 is 15.2 Å². The minimum Gasteiger partial charge on any atom is -0.487 e. The smallest absolute Gasteiger partial charge is 0.335 e. The predicted molar refractivity (Wildman–Crippen MR) is 118 cm³/mol. The van der Waals surface area contributed by atoms with E-state index in [0.29, 0.717) is 20.3 Å². The van der Waals surface area contributed by atoms with Gasteiger partial charge >= 0.3 is 12.0 Å². The molecule has 7 nitrogen and oxygen atoms in total.